The molecule has 2 nitrogen and oxygen atoms in total. The summed E-state index contributed by atoms with van der Waals surface area (Å²) in [6.45, 7) is 2.40. The first-order valence-corrected chi connectivity index (χ1v) is 6.29. The summed E-state index contributed by atoms with van der Waals surface area (Å²) in [7, 11) is 0. The molecule has 1 heterocycles. The average Bonchev–Trinajstić information content (AvgIpc) is 2.55. The normalized spacial score (nSPS) is 22.9. The minimum absolute atomic E-state index is 0.298. The number of likely N-dealkylation sites (tertiary alicyclic amines) is 1. The van der Waals surface area contributed by atoms with Gasteiger partial charge in [0.25, 0.3) is 0 Å². The van der Waals surface area contributed by atoms with Crippen molar-refractivity contribution in [3.63, 3.8) is 0 Å². The lowest BCUT2D eigenvalue weighted by atomic mass is 10.1. The van der Waals surface area contributed by atoms with Crippen molar-refractivity contribution < 1.29 is 5.11 Å². The fraction of sp³-hybridized carbons (Fsp3) is 0.571. The molecule has 1 N–H and O–H groups in total. The van der Waals surface area contributed by atoms with Crippen LogP contribution >= 0.6 is 0 Å². The maximum Gasteiger partial charge on any atom is 0.0586 e. The maximum atomic E-state index is 9.42. The summed E-state index contributed by atoms with van der Waals surface area (Å²) in [6, 6.07) is 10.9. The lowest BCUT2D eigenvalue weighted by Crippen LogP contribution is -2.36. The second-order valence-corrected chi connectivity index (χ2v) is 4.64. The van der Waals surface area contributed by atoms with Crippen LogP contribution in [0.5, 0.6) is 0 Å². The van der Waals surface area contributed by atoms with Gasteiger partial charge >= 0.3 is 0 Å². The van der Waals surface area contributed by atoms with Crippen molar-refractivity contribution in [2.75, 3.05) is 13.2 Å². The third-order valence-corrected chi connectivity index (χ3v) is 3.44. The molecule has 0 amide bonds. The molecule has 1 fully saturated rings. The zero-order valence-electron chi connectivity index (χ0n) is 9.81. The molecule has 88 valence electrons. The van der Waals surface area contributed by atoms with Crippen LogP contribution < -0.4 is 0 Å². The van der Waals surface area contributed by atoms with E-state index in [1.165, 1.54) is 24.8 Å². The molecular formula is C14H21NO. The van der Waals surface area contributed by atoms with E-state index in [4.69, 9.17) is 0 Å². The number of hydrogen-bond acceptors (Lipinski definition) is 2. The largest absolute Gasteiger partial charge is 0.395 e. The minimum atomic E-state index is 0.298. The third-order valence-electron chi connectivity index (χ3n) is 3.44. The Kier molecular flexibility index (Phi) is 4.37. The summed E-state index contributed by atoms with van der Waals surface area (Å²) in [4.78, 5) is 2.43. The van der Waals surface area contributed by atoms with E-state index in [1.54, 1.807) is 0 Å². The second-order valence-electron chi connectivity index (χ2n) is 4.64. The van der Waals surface area contributed by atoms with Gasteiger partial charge in [-0.2, -0.15) is 0 Å². The van der Waals surface area contributed by atoms with Crippen LogP contribution in [0.3, 0.4) is 0 Å². The number of benzene rings is 1. The van der Waals surface area contributed by atoms with E-state index in [0.717, 1.165) is 19.5 Å². The number of rotatable bonds is 3. The highest BCUT2D eigenvalue weighted by Crippen LogP contribution is 2.18. The predicted octanol–water partition coefficient (Wildman–Crippen LogP) is 2.42. The lowest BCUT2D eigenvalue weighted by molar-refractivity contribution is 0.118. The highest BCUT2D eigenvalue weighted by molar-refractivity contribution is 5.14. The molecule has 0 aromatic heterocycles. The van der Waals surface area contributed by atoms with Crippen molar-refractivity contribution in [1.82, 2.24) is 4.90 Å². The molecule has 1 aromatic rings. The van der Waals surface area contributed by atoms with Crippen molar-refractivity contribution >= 4 is 0 Å². The Balaban J connectivity index is 2.00. The lowest BCUT2D eigenvalue weighted by Gasteiger charge is -2.28. The van der Waals surface area contributed by atoms with Crippen LogP contribution in [0.2, 0.25) is 0 Å². The first kappa shape index (κ1) is 11.6. The van der Waals surface area contributed by atoms with Crippen LogP contribution in [-0.2, 0) is 6.54 Å². The highest BCUT2D eigenvalue weighted by Gasteiger charge is 2.19. The van der Waals surface area contributed by atoms with Crippen LogP contribution in [0, 0.1) is 0 Å². The Morgan fingerprint density at radius 2 is 1.94 bits per heavy atom. The molecular weight excluding hydrogens is 198 g/mol. The smallest absolute Gasteiger partial charge is 0.0586 e. The standard InChI is InChI=1S/C14H21NO/c16-12-14-9-5-2-6-10-15(14)11-13-7-3-1-4-8-13/h1,3-4,7-8,14,16H,2,5-6,9-12H2. The van der Waals surface area contributed by atoms with Crippen LogP contribution in [-0.4, -0.2) is 29.2 Å². The molecule has 0 saturated carbocycles. The predicted molar refractivity (Wildman–Crippen MR) is 66.2 cm³/mol. The van der Waals surface area contributed by atoms with Gasteiger partial charge in [-0.25, -0.2) is 0 Å². The van der Waals surface area contributed by atoms with Crippen LogP contribution in [0.15, 0.2) is 30.3 Å². The van der Waals surface area contributed by atoms with Gasteiger partial charge < -0.3 is 5.11 Å². The molecule has 1 unspecified atom stereocenters. The quantitative estimate of drug-likeness (QED) is 0.844. The summed E-state index contributed by atoms with van der Waals surface area (Å²) in [5.41, 5.74) is 1.35. The van der Waals surface area contributed by atoms with Gasteiger partial charge in [-0.05, 0) is 24.9 Å². The van der Waals surface area contributed by atoms with Gasteiger partial charge in [-0.1, -0.05) is 43.2 Å². The Labute approximate surface area is 97.9 Å². The monoisotopic (exact) mass is 219 g/mol. The van der Waals surface area contributed by atoms with E-state index in [2.05, 4.69) is 35.2 Å². The van der Waals surface area contributed by atoms with Gasteiger partial charge in [-0.15, -0.1) is 0 Å². The molecule has 1 aromatic carbocycles. The molecule has 0 spiro atoms. The Morgan fingerprint density at radius 1 is 1.12 bits per heavy atom. The number of aliphatic hydroxyl groups excluding tert-OH is 1. The first-order valence-electron chi connectivity index (χ1n) is 6.29. The summed E-state index contributed by atoms with van der Waals surface area (Å²) in [5.74, 6) is 0. The average molecular weight is 219 g/mol. The van der Waals surface area contributed by atoms with E-state index in [-0.39, 0.29) is 0 Å². The second kappa shape index (κ2) is 6.02. The van der Waals surface area contributed by atoms with Gasteiger partial charge in [0, 0.05) is 12.6 Å². The SMILES string of the molecule is OCC1CCCCCN1Cc1ccccc1. The molecule has 0 aliphatic carbocycles. The minimum Gasteiger partial charge on any atom is -0.395 e. The van der Waals surface area contributed by atoms with E-state index in [0.29, 0.717) is 12.6 Å². The van der Waals surface area contributed by atoms with Crippen LogP contribution in [0.25, 0.3) is 0 Å². The van der Waals surface area contributed by atoms with Crippen LogP contribution in [0.4, 0.5) is 0 Å². The number of aliphatic hydroxyl groups is 1. The Hall–Kier alpha value is -0.860. The molecule has 2 heteroatoms. The number of nitrogens with zero attached hydrogens (tertiary/aromatic N) is 1. The molecule has 1 saturated heterocycles. The highest BCUT2D eigenvalue weighted by atomic mass is 16.3. The van der Waals surface area contributed by atoms with Crippen molar-refractivity contribution in [1.29, 1.82) is 0 Å². The van der Waals surface area contributed by atoms with Gasteiger partial charge in [0.15, 0.2) is 0 Å². The molecule has 0 radical (unpaired) electrons. The van der Waals surface area contributed by atoms with E-state index >= 15 is 0 Å². The Morgan fingerprint density at radius 3 is 2.69 bits per heavy atom. The van der Waals surface area contributed by atoms with Crippen molar-refractivity contribution in [2.45, 2.75) is 38.3 Å². The van der Waals surface area contributed by atoms with E-state index in [9.17, 15) is 5.11 Å². The summed E-state index contributed by atoms with van der Waals surface area (Å²) < 4.78 is 0. The third kappa shape index (κ3) is 3.06. The topological polar surface area (TPSA) is 23.5 Å². The number of hydrogen-bond donors (Lipinski definition) is 1. The zero-order chi connectivity index (χ0) is 11.2. The van der Waals surface area contributed by atoms with Crippen molar-refractivity contribution in [3.05, 3.63) is 35.9 Å². The first-order chi connectivity index (χ1) is 7.90. The van der Waals surface area contributed by atoms with Crippen LogP contribution in [0.1, 0.15) is 31.2 Å². The van der Waals surface area contributed by atoms with Gasteiger partial charge in [0.2, 0.25) is 0 Å². The van der Waals surface area contributed by atoms with Gasteiger partial charge in [0.05, 0.1) is 6.61 Å². The molecule has 1 atom stereocenters. The molecule has 2 rings (SSSR count). The van der Waals surface area contributed by atoms with E-state index < -0.39 is 0 Å². The van der Waals surface area contributed by atoms with E-state index in [1.807, 2.05) is 0 Å². The zero-order valence-corrected chi connectivity index (χ0v) is 9.81. The molecule has 1 aliphatic rings. The molecule has 0 bridgehead atoms. The molecule has 16 heavy (non-hydrogen) atoms. The maximum absolute atomic E-state index is 9.42. The van der Waals surface area contributed by atoms with Gasteiger partial charge in [-0.3, -0.25) is 4.90 Å². The van der Waals surface area contributed by atoms with Crippen molar-refractivity contribution in [2.24, 2.45) is 0 Å². The summed E-state index contributed by atoms with van der Waals surface area (Å²) in [5, 5.41) is 9.42. The fourth-order valence-electron chi connectivity index (χ4n) is 2.47. The van der Waals surface area contributed by atoms with Crippen molar-refractivity contribution in [3.8, 4) is 0 Å². The summed E-state index contributed by atoms with van der Waals surface area (Å²) >= 11 is 0. The summed E-state index contributed by atoms with van der Waals surface area (Å²) in [6.07, 6.45) is 4.98. The Bertz CT molecular complexity index is 299. The van der Waals surface area contributed by atoms with Gasteiger partial charge in [0.1, 0.15) is 0 Å². The fourth-order valence-corrected chi connectivity index (χ4v) is 2.47. The molecule has 1 aliphatic heterocycles.